The Bertz CT molecular complexity index is 1390. The molecule has 32 heavy (non-hydrogen) atoms. The van der Waals surface area contributed by atoms with E-state index in [4.69, 9.17) is 21.1 Å². The maximum Gasteiger partial charge on any atom is 0.338 e. The van der Waals surface area contributed by atoms with Crippen molar-refractivity contribution in [2.75, 3.05) is 13.7 Å². The number of thiazole rings is 1. The minimum absolute atomic E-state index is 0.225. The maximum atomic E-state index is 13.5. The first-order valence-corrected chi connectivity index (χ1v) is 11.2. The summed E-state index contributed by atoms with van der Waals surface area (Å²) in [5.41, 5.74) is 2.22. The summed E-state index contributed by atoms with van der Waals surface area (Å²) >= 11 is 7.35. The molecule has 0 radical (unpaired) electrons. The van der Waals surface area contributed by atoms with Crippen molar-refractivity contribution in [3.63, 3.8) is 0 Å². The van der Waals surface area contributed by atoms with Gasteiger partial charge in [-0.15, -0.1) is 0 Å². The molecule has 1 aliphatic heterocycles. The number of hydrogen-bond acceptors (Lipinski definition) is 6. The summed E-state index contributed by atoms with van der Waals surface area (Å²) in [6.45, 7) is 3.73. The van der Waals surface area contributed by atoms with Gasteiger partial charge in [0, 0.05) is 5.02 Å². The van der Waals surface area contributed by atoms with Gasteiger partial charge in [0.05, 0.1) is 35.6 Å². The highest BCUT2D eigenvalue weighted by Gasteiger charge is 2.33. The zero-order valence-corrected chi connectivity index (χ0v) is 19.4. The molecule has 2 aromatic carbocycles. The van der Waals surface area contributed by atoms with Gasteiger partial charge in [0.25, 0.3) is 5.56 Å². The van der Waals surface area contributed by atoms with Crippen molar-refractivity contribution >= 4 is 35.0 Å². The van der Waals surface area contributed by atoms with Gasteiger partial charge in [-0.25, -0.2) is 9.79 Å². The molecule has 1 unspecified atom stereocenters. The summed E-state index contributed by atoms with van der Waals surface area (Å²) < 4.78 is 12.6. The van der Waals surface area contributed by atoms with Gasteiger partial charge in [0.1, 0.15) is 5.75 Å². The lowest BCUT2D eigenvalue weighted by atomic mass is 9.96. The van der Waals surface area contributed by atoms with E-state index < -0.39 is 12.0 Å². The Morgan fingerprint density at radius 1 is 1.25 bits per heavy atom. The second-order valence-corrected chi connectivity index (χ2v) is 8.58. The van der Waals surface area contributed by atoms with Crippen LogP contribution in [0.3, 0.4) is 0 Å². The lowest BCUT2D eigenvalue weighted by Gasteiger charge is -2.24. The van der Waals surface area contributed by atoms with Crippen molar-refractivity contribution in [2.24, 2.45) is 4.99 Å². The predicted octanol–water partition coefficient (Wildman–Crippen LogP) is 3.46. The van der Waals surface area contributed by atoms with Crippen LogP contribution in [0.5, 0.6) is 5.75 Å². The third-order valence-electron chi connectivity index (χ3n) is 5.09. The molecule has 1 aliphatic rings. The predicted molar refractivity (Wildman–Crippen MR) is 125 cm³/mol. The fourth-order valence-corrected chi connectivity index (χ4v) is 4.81. The van der Waals surface area contributed by atoms with Gasteiger partial charge in [-0.1, -0.05) is 47.2 Å². The van der Waals surface area contributed by atoms with Gasteiger partial charge < -0.3 is 9.47 Å². The van der Waals surface area contributed by atoms with Gasteiger partial charge >= 0.3 is 5.97 Å². The van der Waals surface area contributed by atoms with E-state index in [0.717, 1.165) is 11.1 Å². The zero-order valence-electron chi connectivity index (χ0n) is 17.8. The number of rotatable bonds is 5. The molecule has 6 nitrogen and oxygen atoms in total. The number of fused-ring (bicyclic) bond motifs is 1. The number of carbonyl (C=O) groups is 1. The van der Waals surface area contributed by atoms with Crippen LogP contribution in [-0.4, -0.2) is 24.3 Å². The van der Waals surface area contributed by atoms with Crippen LogP contribution in [0.1, 0.15) is 31.0 Å². The second kappa shape index (κ2) is 9.14. The van der Waals surface area contributed by atoms with E-state index in [1.165, 1.54) is 11.3 Å². The summed E-state index contributed by atoms with van der Waals surface area (Å²) in [6.07, 6.45) is 1.80. The monoisotopic (exact) mass is 468 g/mol. The maximum absolute atomic E-state index is 13.5. The largest absolute Gasteiger partial charge is 0.497 e. The Balaban J connectivity index is 1.94. The molecule has 1 atom stereocenters. The molecule has 4 rings (SSSR count). The van der Waals surface area contributed by atoms with E-state index in [-0.39, 0.29) is 12.2 Å². The topological polar surface area (TPSA) is 69.9 Å². The molecule has 164 valence electrons. The van der Waals surface area contributed by atoms with Crippen LogP contribution in [0.2, 0.25) is 5.02 Å². The van der Waals surface area contributed by atoms with Gasteiger partial charge in [0.2, 0.25) is 0 Å². The molecule has 2 heterocycles. The number of carbonyl (C=O) groups excluding carboxylic acids is 1. The quantitative estimate of drug-likeness (QED) is 0.538. The normalized spacial score (nSPS) is 15.9. The van der Waals surface area contributed by atoms with Gasteiger partial charge in [0.15, 0.2) is 4.80 Å². The number of benzene rings is 2. The Hall–Kier alpha value is -3.16. The van der Waals surface area contributed by atoms with Crippen LogP contribution < -0.4 is 19.6 Å². The SMILES string of the molecule is CCOC(=O)C1=C(C)N=c2sc(=Cc3cccc(OC)c3)c(=O)n2C1c1ccc(Cl)cc1. The lowest BCUT2D eigenvalue weighted by Crippen LogP contribution is -2.39. The average molecular weight is 469 g/mol. The average Bonchev–Trinajstić information content (AvgIpc) is 3.08. The van der Waals surface area contributed by atoms with Crippen molar-refractivity contribution in [1.29, 1.82) is 0 Å². The molecule has 0 saturated carbocycles. The highest BCUT2D eigenvalue weighted by molar-refractivity contribution is 7.07. The smallest absolute Gasteiger partial charge is 0.338 e. The number of ether oxygens (including phenoxy) is 2. The minimum atomic E-state index is -0.657. The van der Waals surface area contributed by atoms with Crippen LogP contribution >= 0.6 is 22.9 Å². The Morgan fingerprint density at radius 2 is 2.00 bits per heavy atom. The molecule has 1 aromatic heterocycles. The zero-order chi connectivity index (χ0) is 22.8. The van der Waals surface area contributed by atoms with Gasteiger partial charge in [-0.05, 0) is 55.3 Å². The summed E-state index contributed by atoms with van der Waals surface area (Å²) in [4.78, 5) is 31.4. The highest BCUT2D eigenvalue weighted by Crippen LogP contribution is 2.31. The third kappa shape index (κ3) is 4.13. The van der Waals surface area contributed by atoms with Crippen LogP contribution in [0.4, 0.5) is 0 Å². The molecule has 0 aliphatic carbocycles. The highest BCUT2D eigenvalue weighted by atomic mass is 35.5. The summed E-state index contributed by atoms with van der Waals surface area (Å²) in [5, 5.41) is 0.567. The third-order valence-corrected chi connectivity index (χ3v) is 6.33. The van der Waals surface area contributed by atoms with E-state index in [1.54, 1.807) is 43.7 Å². The van der Waals surface area contributed by atoms with Crippen molar-refractivity contribution in [3.05, 3.63) is 95.6 Å². The summed E-state index contributed by atoms with van der Waals surface area (Å²) in [7, 11) is 1.60. The first kappa shape index (κ1) is 22.0. The number of methoxy groups -OCH3 is 1. The van der Waals surface area contributed by atoms with Gasteiger partial charge in [-0.2, -0.15) is 0 Å². The van der Waals surface area contributed by atoms with E-state index >= 15 is 0 Å². The number of nitrogens with zero attached hydrogens (tertiary/aromatic N) is 2. The first-order valence-electron chi connectivity index (χ1n) is 10.0. The number of halogens is 1. The van der Waals surface area contributed by atoms with E-state index in [2.05, 4.69) is 4.99 Å². The number of allylic oxidation sites excluding steroid dienone is 1. The number of hydrogen-bond donors (Lipinski definition) is 0. The van der Waals surface area contributed by atoms with Crippen molar-refractivity contribution in [2.45, 2.75) is 19.9 Å². The van der Waals surface area contributed by atoms with Crippen LogP contribution in [0.25, 0.3) is 6.08 Å². The molecule has 0 N–H and O–H groups in total. The summed E-state index contributed by atoms with van der Waals surface area (Å²) in [6, 6.07) is 13.9. The molecule has 0 saturated heterocycles. The number of esters is 1. The van der Waals surface area contributed by atoms with E-state index in [1.807, 2.05) is 36.4 Å². The Labute approximate surface area is 193 Å². The molecule has 0 spiro atoms. The fourth-order valence-electron chi connectivity index (χ4n) is 3.63. The lowest BCUT2D eigenvalue weighted by molar-refractivity contribution is -0.139. The van der Waals surface area contributed by atoms with Gasteiger partial charge in [-0.3, -0.25) is 9.36 Å². The van der Waals surface area contributed by atoms with Crippen molar-refractivity contribution in [3.8, 4) is 5.75 Å². The van der Waals surface area contributed by atoms with Crippen LogP contribution in [-0.2, 0) is 9.53 Å². The second-order valence-electron chi connectivity index (χ2n) is 7.13. The Morgan fingerprint density at radius 3 is 2.69 bits per heavy atom. The molecule has 0 amide bonds. The molecular formula is C24H21ClN2O4S. The standard InChI is InChI=1S/C24H21ClN2O4S/c1-4-31-23(29)20-14(2)26-24-27(21(20)16-8-10-17(25)11-9-16)22(28)19(32-24)13-15-6-5-7-18(12-15)30-3/h5-13,21H,4H2,1-3H3. The minimum Gasteiger partial charge on any atom is -0.497 e. The first-order chi connectivity index (χ1) is 15.4. The van der Waals surface area contributed by atoms with Crippen molar-refractivity contribution in [1.82, 2.24) is 4.57 Å². The molecule has 0 bridgehead atoms. The molecule has 3 aromatic rings. The van der Waals surface area contributed by atoms with Crippen LogP contribution in [0.15, 0.2) is 69.6 Å². The van der Waals surface area contributed by atoms with Crippen molar-refractivity contribution < 1.29 is 14.3 Å². The molecule has 8 heteroatoms. The van der Waals surface area contributed by atoms with Crippen LogP contribution in [0, 0.1) is 0 Å². The number of aromatic nitrogens is 1. The fraction of sp³-hybridized carbons (Fsp3) is 0.208. The summed E-state index contributed by atoms with van der Waals surface area (Å²) in [5.74, 6) is 0.210. The molecule has 0 fully saturated rings. The Kier molecular flexibility index (Phi) is 6.30. The molecular weight excluding hydrogens is 448 g/mol. The van der Waals surface area contributed by atoms with E-state index in [9.17, 15) is 9.59 Å². The van der Waals surface area contributed by atoms with E-state index in [0.29, 0.717) is 31.4 Å².